The Hall–Kier alpha value is -1.59. The van der Waals surface area contributed by atoms with Gasteiger partial charge >= 0.3 is 5.69 Å². The number of hydrogen-bond acceptors (Lipinski definition) is 3. The summed E-state index contributed by atoms with van der Waals surface area (Å²) in [6.45, 7) is 4.17. The third-order valence-corrected chi connectivity index (χ3v) is 6.25. The van der Waals surface area contributed by atoms with E-state index in [1.807, 2.05) is 28.8 Å². The fourth-order valence-corrected chi connectivity index (χ4v) is 4.62. The number of fused-ring (bicyclic) bond motifs is 1. The van der Waals surface area contributed by atoms with E-state index < -0.39 is 0 Å². The second-order valence-electron chi connectivity index (χ2n) is 7.99. The number of aromatic nitrogens is 2. The van der Waals surface area contributed by atoms with Gasteiger partial charge in [-0.05, 0) is 49.7 Å². The molecule has 1 saturated carbocycles. The molecule has 1 aliphatic carbocycles. The summed E-state index contributed by atoms with van der Waals surface area (Å²) in [6.07, 6.45) is 6.51. The second-order valence-corrected chi connectivity index (χ2v) is 7.99. The van der Waals surface area contributed by atoms with Gasteiger partial charge in [0.2, 0.25) is 0 Å². The normalized spacial score (nSPS) is 27.2. The number of piperidine rings is 1. The molecule has 0 amide bonds. The topological polar surface area (TPSA) is 50.3 Å². The third kappa shape index (κ3) is 2.50. The zero-order valence-electron chi connectivity index (χ0n) is 14.0. The zero-order chi connectivity index (χ0) is 16.1. The fourth-order valence-electron chi connectivity index (χ4n) is 4.62. The molecule has 1 aromatic heterocycles. The van der Waals surface area contributed by atoms with Crippen LogP contribution in [0.15, 0.2) is 29.1 Å². The van der Waals surface area contributed by atoms with Crippen molar-refractivity contribution < 1.29 is 4.74 Å². The Balaban J connectivity index is 1.25. The van der Waals surface area contributed by atoms with Crippen molar-refractivity contribution in [2.24, 2.45) is 5.41 Å². The van der Waals surface area contributed by atoms with Gasteiger partial charge in [0.1, 0.15) is 0 Å². The van der Waals surface area contributed by atoms with Crippen molar-refractivity contribution in [1.29, 1.82) is 0 Å². The highest BCUT2D eigenvalue weighted by Gasteiger charge is 2.49. The van der Waals surface area contributed by atoms with E-state index in [4.69, 9.17) is 4.74 Å². The first-order valence-corrected chi connectivity index (χ1v) is 9.26. The van der Waals surface area contributed by atoms with Crippen LogP contribution in [-0.2, 0) is 4.74 Å². The van der Waals surface area contributed by atoms with Gasteiger partial charge in [-0.1, -0.05) is 12.1 Å². The summed E-state index contributed by atoms with van der Waals surface area (Å²) >= 11 is 0. The van der Waals surface area contributed by atoms with Gasteiger partial charge in [-0.15, -0.1) is 0 Å². The first kappa shape index (κ1) is 14.7. The van der Waals surface area contributed by atoms with Crippen LogP contribution >= 0.6 is 0 Å². The molecule has 1 N–H and O–H groups in total. The number of nitrogens with zero attached hydrogens (tertiary/aromatic N) is 2. The van der Waals surface area contributed by atoms with E-state index in [1.165, 1.54) is 19.3 Å². The van der Waals surface area contributed by atoms with Crippen LogP contribution in [-0.4, -0.2) is 46.8 Å². The Kier molecular flexibility index (Phi) is 3.35. The van der Waals surface area contributed by atoms with Gasteiger partial charge in [0.05, 0.1) is 23.7 Å². The van der Waals surface area contributed by atoms with E-state index in [2.05, 4.69) is 9.88 Å². The molecule has 3 fully saturated rings. The van der Waals surface area contributed by atoms with Crippen molar-refractivity contribution in [3.05, 3.63) is 34.7 Å². The minimum absolute atomic E-state index is 0.0319. The highest BCUT2D eigenvalue weighted by Crippen LogP contribution is 2.53. The summed E-state index contributed by atoms with van der Waals surface area (Å²) in [7, 11) is 0. The van der Waals surface area contributed by atoms with Gasteiger partial charge in [-0.25, -0.2) is 4.79 Å². The monoisotopic (exact) mass is 327 g/mol. The molecular weight excluding hydrogens is 302 g/mol. The molecule has 0 radical (unpaired) electrons. The Morgan fingerprint density at radius 2 is 2.00 bits per heavy atom. The van der Waals surface area contributed by atoms with Gasteiger partial charge in [-0.2, -0.15) is 0 Å². The number of ether oxygens (including phenoxy) is 1. The maximum Gasteiger partial charge on any atom is 0.326 e. The van der Waals surface area contributed by atoms with E-state index in [1.54, 1.807) is 0 Å². The second kappa shape index (κ2) is 5.46. The maximum absolute atomic E-state index is 12.4. The van der Waals surface area contributed by atoms with E-state index in [-0.39, 0.29) is 5.69 Å². The molecule has 1 spiro atoms. The van der Waals surface area contributed by atoms with Gasteiger partial charge in [0.15, 0.2) is 0 Å². The zero-order valence-corrected chi connectivity index (χ0v) is 14.0. The quantitative estimate of drug-likeness (QED) is 0.942. The average molecular weight is 327 g/mol. The number of hydrogen-bond donors (Lipinski definition) is 1. The fraction of sp³-hybridized carbons (Fsp3) is 0.632. The van der Waals surface area contributed by atoms with Crippen molar-refractivity contribution in [3.8, 4) is 0 Å². The lowest BCUT2D eigenvalue weighted by atomic mass is 10.0. The molecule has 24 heavy (non-hydrogen) atoms. The van der Waals surface area contributed by atoms with Crippen molar-refractivity contribution in [3.63, 3.8) is 0 Å². The van der Waals surface area contributed by atoms with Crippen LogP contribution in [0.4, 0.5) is 0 Å². The summed E-state index contributed by atoms with van der Waals surface area (Å²) in [5.41, 5.74) is 2.58. The van der Waals surface area contributed by atoms with Crippen molar-refractivity contribution in [2.75, 3.05) is 26.2 Å². The Labute approximate surface area is 141 Å². The molecule has 1 aromatic carbocycles. The first-order chi connectivity index (χ1) is 11.7. The van der Waals surface area contributed by atoms with Crippen LogP contribution in [0.2, 0.25) is 0 Å². The maximum atomic E-state index is 12.4. The minimum Gasteiger partial charge on any atom is -0.376 e. The van der Waals surface area contributed by atoms with Crippen LogP contribution in [0.25, 0.3) is 11.0 Å². The lowest BCUT2D eigenvalue weighted by Gasteiger charge is -2.33. The molecule has 5 rings (SSSR count). The minimum atomic E-state index is 0.0319. The van der Waals surface area contributed by atoms with E-state index in [0.717, 1.165) is 50.1 Å². The highest BCUT2D eigenvalue weighted by molar-refractivity contribution is 5.75. The average Bonchev–Trinajstić information content (AvgIpc) is 3.09. The van der Waals surface area contributed by atoms with Crippen molar-refractivity contribution >= 4 is 11.0 Å². The Morgan fingerprint density at radius 3 is 2.75 bits per heavy atom. The molecule has 5 nitrogen and oxygen atoms in total. The molecule has 0 bridgehead atoms. The molecule has 1 unspecified atom stereocenters. The summed E-state index contributed by atoms with van der Waals surface area (Å²) in [6, 6.07) is 8.31. The van der Waals surface area contributed by atoms with E-state index in [0.29, 0.717) is 17.6 Å². The summed E-state index contributed by atoms with van der Waals surface area (Å²) in [5.74, 6) is 0. The first-order valence-electron chi connectivity index (χ1n) is 9.26. The number of imidazole rings is 1. The van der Waals surface area contributed by atoms with Crippen molar-refractivity contribution in [2.45, 2.75) is 44.2 Å². The Bertz CT molecular complexity index is 796. The van der Waals surface area contributed by atoms with Crippen LogP contribution in [0.1, 0.15) is 38.1 Å². The molecule has 2 saturated heterocycles. The number of likely N-dealkylation sites (tertiary alicyclic amines) is 1. The highest BCUT2D eigenvalue weighted by atomic mass is 16.5. The largest absolute Gasteiger partial charge is 0.376 e. The summed E-state index contributed by atoms with van der Waals surface area (Å²) < 4.78 is 7.98. The molecular formula is C19H25N3O2. The van der Waals surface area contributed by atoms with Gasteiger partial charge in [-0.3, -0.25) is 4.57 Å². The van der Waals surface area contributed by atoms with Crippen LogP contribution in [0.5, 0.6) is 0 Å². The molecule has 128 valence electrons. The number of rotatable bonds is 3. The number of nitrogens with one attached hydrogen (secondary N) is 1. The van der Waals surface area contributed by atoms with Gasteiger partial charge < -0.3 is 14.6 Å². The van der Waals surface area contributed by atoms with Gasteiger partial charge in [0, 0.05) is 25.7 Å². The predicted octanol–water partition coefficient (Wildman–Crippen LogP) is 2.54. The number of H-pyrrole nitrogens is 1. The lowest BCUT2D eigenvalue weighted by molar-refractivity contribution is 0.0585. The number of para-hydroxylation sites is 2. The van der Waals surface area contributed by atoms with Crippen LogP contribution in [0.3, 0.4) is 0 Å². The smallest absolute Gasteiger partial charge is 0.326 e. The predicted molar refractivity (Wildman–Crippen MR) is 93.3 cm³/mol. The standard InChI is InChI=1S/C19H25N3O2/c23-18-20-16-3-1-2-4-17(16)22(18)14-5-9-21(10-6-14)12-15-11-19(7-8-19)13-24-15/h1-4,14-15H,5-13H2,(H,20,23). The lowest BCUT2D eigenvalue weighted by Crippen LogP contribution is -2.40. The molecule has 1 atom stereocenters. The molecule has 2 aliphatic heterocycles. The molecule has 5 heteroatoms. The van der Waals surface area contributed by atoms with Crippen LogP contribution < -0.4 is 5.69 Å². The third-order valence-electron chi connectivity index (χ3n) is 6.25. The van der Waals surface area contributed by atoms with Crippen molar-refractivity contribution in [1.82, 2.24) is 14.5 Å². The number of benzene rings is 1. The van der Waals surface area contributed by atoms with Crippen LogP contribution in [0, 0.1) is 5.41 Å². The molecule has 2 aromatic rings. The van der Waals surface area contributed by atoms with E-state index >= 15 is 0 Å². The SMILES string of the molecule is O=c1[nH]c2ccccc2n1C1CCN(CC2CC3(CC3)CO2)CC1. The Morgan fingerprint density at radius 1 is 1.21 bits per heavy atom. The summed E-state index contributed by atoms with van der Waals surface area (Å²) in [4.78, 5) is 17.9. The molecule has 3 aliphatic rings. The molecule has 3 heterocycles. The number of aromatic amines is 1. The van der Waals surface area contributed by atoms with Gasteiger partial charge in [0.25, 0.3) is 0 Å². The summed E-state index contributed by atoms with van der Waals surface area (Å²) in [5, 5.41) is 0. The van der Waals surface area contributed by atoms with E-state index in [9.17, 15) is 4.79 Å².